The first-order valence-corrected chi connectivity index (χ1v) is 9.45. The van der Waals surface area contributed by atoms with Crippen LogP contribution in [-0.2, 0) is 11.3 Å². The first kappa shape index (κ1) is 17.1. The number of amides is 1. The van der Waals surface area contributed by atoms with Crippen molar-refractivity contribution in [3.63, 3.8) is 0 Å². The molecule has 2 saturated heterocycles. The van der Waals surface area contributed by atoms with Gasteiger partial charge in [-0.05, 0) is 49.4 Å². The predicted molar refractivity (Wildman–Crippen MR) is 102 cm³/mol. The van der Waals surface area contributed by atoms with Gasteiger partial charge in [0.1, 0.15) is 5.75 Å². The maximum Gasteiger partial charge on any atom is 0.220 e. The minimum Gasteiger partial charge on any atom is -0.508 e. The first-order valence-electron chi connectivity index (χ1n) is 9.45. The van der Waals surface area contributed by atoms with E-state index in [1.54, 1.807) is 12.1 Å². The van der Waals surface area contributed by atoms with E-state index in [0.29, 0.717) is 18.2 Å². The van der Waals surface area contributed by atoms with Crippen LogP contribution in [0.5, 0.6) is 5.75 Å². The summed E-state index contributed by atoms with van der Waals surface area (Å²) in [5.74, 6) is 0.467. The number of rotatable bonds is 3. The molecule has 2 aromatic carbocycles. The van der Waals surface area contributed by atoms with Gasteiger partial charge < -0.3 is 10.4 Å². The largest absolute Gasteiger partial charge is 0.508 e. The monoisotopic (exact) mass is 350 g/mol. The lowest BCUT2D eigenvalue weighted by Gasteiger charge is -2.35. The fourth-order valence-corrected chi connectivity index (χ4v) is 4.71. The average molecular weight is 350 g/mol. The third-order valence-corrected chi connectivity index (χ3v) is 5.95. The van der Waals surface area contributed by atoms with E-state index in [4.69, 9.17) is 0 Å². The Morgan fingerprint density at radius 2 is 1.88 bits per heavy atom. The molecule has 0 bridgehead atoms. The topological polar surface area (TPSA) is 52.6 Å². The van der Waals surface area contributed by atoms with Crippen molar-refractivity contribution >= 4 is 5.91 Å². The number of likely N-dealkylation sites (tertiary alicyclic amines) is 1. The molecule has 0 radical (unpaired) electrons. The van der Waals surface area contributed by atoms with Crippen LogP contribution in [0.4, 0.5) is 0 Å². The van der Waals surface area contributed by atoms with Gasteiger partial charge in [0, 0.05) is 25.0 Å². The quantitative estimate of drug-likeness (QED) is 0.886. The standard InChI is InChI=1S/C22H26N2O2/c1-22-14-19(17-6-3-2-4-7-17)24(15-16-10-12-18(25)13-11-16)20(22)8-5-9-21(26)23-22/h2-4,6-7,10-13,19-20,25H,5,8-9,14-15H2,1H3,(H,23,26)/t19-,20-,22-/m0/s1. The van der Waals surface area contributed by atoms with Gasteiger partial charge in [0.05, 0.1) is 5.54 Å². The van der Waals surface area contributed by atoms with E-state index in [9.17, 15) is 9.90 Å². The van der Waals surface area contributed by atoms with Gasteiger partial charge in [-0.3, -0.25) is 9.69 Å². The van der Waals surface area contributed by atoms with Gasteiger partial charge in [-0.15, -0.1) is 0 Å². The number of carbonyl (C=O) groups excluding carboxylic acids is 1. The third kappa shape index (κ3) is 3.21. The van der Waals surface area contributed by atoms with E-state index in [0.717, 1.165) is 25.8 Å². The molecule has 0 aromatic heterocycles. The molecular formula is C22H26N2O2. The van der Waals surface area contributed by atoms with Crippen LogP contribution in [0.15, 0.2) is 54.6 Å². The maximum absolute atomic E-state index is 12.2. The van der Waals surface area contributed by atoms with Gasteiger partial charge in [-0.2, -0.15) is 0 Å². The molecule has 1 amide bonds. The summed E-state index contributed by atoms with van der Waals surface area (Å²) in [6, 6.07) is 18.6. The maximum atomic E-state index is 12.2. The van der Waals surface area contributed by atoms with Crippen molar-refractivity contribution in [3.05, 3.63) is 65.7 Å². The molecule has 4 nitrogen and oxygen atoms in total. The highest BCUT2D eigenvalue weighted by Crippen LogP contribution is 2.46. The van der Waals surface area contributed by atoms with Crippen LogP contribution in [-0.4, -0.2) is 27.5 Å². The molecule has 26 heavy (non-hydrogen) atoms. The Kier molecular flexibility index (Phi) is 4.45. The summed E-state index contributed by atoms with van der Waals surface area (Å²) in [6.45, 7) is 3.02. The highest BCUT2D eigenvalue weighted by atomic mass is 16.3. The smallest absolute Gasteiger partial charge is 0.220 e. The van der Waals surface area contributed by atoms with Crippen molar-refractivity contribution in [2.45, 2.75) is 56.8 Å². The van der Waals surface area contributed by atoms with E-state index >= 15 is 0 Å². The lowest BCUT2D eigenvalue weighted by molar-refractivity contribution is -0.122. The van der Waals surface area contributed by atoms with E-state index in [1.165, 1.54) is 11.1 Å². The second-order valence-electron chi connectivity index (χ2n) is 7.84. The lowest BCUT2D eigenvalue weighted by Crippen LogP contribution is -2.52. The molecule has 2 N–H and O–H groups in total. The number of hydrogen-bond acceptors (Lipinski definition) is 3. The molecule has 4 rings (SSSR count). The molecule has 3 atom stereocenters. The summed E-state index contributed by atoms with van der Waals surface area (Å²) in [4.78, 5) is 14.8. The van der Waals surface area contributed by atoms with Crippen molar-refractivity contribution in [2.24, 2.45) is 0 Å². The number of nitrogens with zero attached hydrogens (tertiary/aromatic N) is 1. The number of phenols is 1. The van der Waals surface area contributed by atoms with E-state index in [-0.39, 0.29) is 17.5 Å². The molecule has 2 aliphatic heterocycles. The van der Waals surface area contributed by atoms with Crippen molar-refractivity contribution < 1.29 is 9.90 Å². The molecule has 0 unspecified atom stereocenters. The Labute approximate surface area is 154 Å². The third-order valence-electron chi connectivity index (χ3n) is 5.95. The summed E-state index contributed by atoms with van der Waals surface area (Å²) in [6.07, 6.45) is 3.50. The number of benzene rings is 2. The minimum absolute atomic E-state index is 0.174. The Hall–Kier alpha value is -2.33. The molecule has 0 saturated carbocycles. The Bertz CT molecular complexity index is 774. The predicted octanol–water partition coefficient (Wildman–Crippen LogP) is 3.77. The number of nitrogens with one attached hydrogen (secondary N) is 1. The summed E-state index contributed by atoms with van der Waals surface area (Å²) < 4.78 is 0. The number of fused-ring (bicyclic) bond motifs is 1. The zero-order valence-electron chi connectivity index (χ0n) is 15.2. The molecule has 136 valence electrons. The molecule has 0 spiro atoms. The fraction of sp³-hybridized carbons (Fsp3) is 0.409. The summed E-state index contributed by atoms with van der Waals surface area (Å²) in [5, 5.41) is 12.9. The van der Waals surface area contributed by atoms with Crippen LogP contribution in [0.1, 0.15) is 49.8 Å². The number of carbonyl (C=O) groups is 1. The Balaban J connectivity index is 1.69. The molecular weight excluding hydrogens is 324 g/mol. The molecule has 0 aliphatic carbocycles. The van der Waals surface area contributed by atoms with E-state index in [2.05, 4.69) is 41.4 Å². The SMILES string of the molecule is C[C@]12C[C@@H](c3ccccc3)N(Cc3ccc(O)cc3)[C@H]1CCCC(=O)N2. The van der Waals surface area contributed by atoms with Gasteiger partial charge in [0.25, 0.3) is 0 Å². The fourth-order valence-electron chi connectivity index (χ4n) is 4.71. The Morgan fingerprint density at radius 3 is 2.62 bits per heavy atom. The van der Waals surface area contributed by atoms with Gasteiger partial charge in [-0.25, -0.2) is 0 Å². The highest BCUT2D eigenvalue weighted by Gasteiger charge is 2.50. The summed E-state index contributed by atoms with van der Waals surface area (Å²) >= 11 is 0. The first-order chi connectivity index (χ1) is 12.5. The average Bonchev–Trinajstić information content (AvgIpc) is 2.80. The van der Waals surface area contributed by atoms with E-state index < -0.39 is 0 Å². The molecule has 2 aromatic rings. The second-order valence-corrected chi connectivity index (χ2v) is 7.84. The van der Waals surface area contributed by atoms with E-state index in [1.807, 2.05) is 18.2 Å². The summed E-state index contributed by atoms with van der Waals surface area (Å²) in [7, 11) is 0. The number of phenolic OH excluding ortho intramolecular Hbond substituents is 1. The molecule has 2 heterocycles. The Morgan fingerprint density at radius 1 is 1.15 bits per heavy atom. The highest BCUT2D eigenvalue weighted by molar-refractivity contribution is 5.77. The van der Waals surface area contributed by atoms with Crippen LogP contribution >= 0.6 is 0 Å². The van der Waals surface area contributed by atoms with Crippen molar-refractivity contribution in [2.75, 3.05) is 0 Å². The van der Waals surface area contributed by atoms with Crippen molar-refractivity contribution in [1.29, 1.82) is 0 Å². The van der Waals surface area contributed by atoms with Gasteiger partial charge >= 0.3 is 0 Å². The van der Waals surface area contributed by atoms with Gasteiger partial charge in [0.15, 0.2) is 0 Å². The minimum atomic E-state index is -0.203. The number of hydrogen-bond donors (Lipinski definition) is 2. The molecule has 4 heteroatoms. The zero-order chi connectivity index (χ0) is 18.1. The van der Waals surface area contributed by atoms with Crippen molar-refractivity contribution in [1.82, 2.24) is 10.2 Å². The van der Waals surface area contributed by atoms with Crippen LogP contribution in [0.2, 0.25) is 0 Å². The van der Waals surface area contributed by atoms with Crippen LogP contribution in [0.3, 0.4) is 0 Å². The number of aromatic hydroxyl groups is 1. The van der Waals surface area contributed by atoms with Gasteiger partial charge in [-0.1, -0.05) is 42.5 Å². The van der Waals surface area contributed by atoms with Crippen LogP contribution in [0.25, 0.3) is 0 Å². The zero-order valence-corrected chi connectivity index (χ0v) is 15.2. The lowest BCUT2D eigenvalue weighted by atomic mass is 9.88. The van der Waals surface area contributed by atoms with Crippen molar-refractivity contribution in [3.8, 4) is 5.75 Å². The normalized spacial score (nSPS) is 29.0. The second kappa shape index (κ2) is 6.76. The van der Waals surface area contributed by atoms with Crippen LogP contribution < -0.4 is 5.32 Å². The molecule has 2 fully saturated rings. The van der Waals surface area contributed by atoms with Crippen LogP contribution in [0, 0.1) is 0 Å². The molecule has 2 aliphatic rings. The van der Waals surface area contributed by atoms with Gasteiger partial charge in [0.2, 0.25) is 5.91 Å². The summed E-state index contributed by atoms with van der Waals surface area (Å²) in [5.41, 5.74) is 2.28.